The van der Waals surface area contributed by atoms with Gasteiger partial charge in [0.2, 0.25) is 0 Å². The molecule has 0 aliphatic carbocycles. The molecule has 0 saturated carbocycles. The molecule has 14 heteroatoms. The molecule has 0 radical (unpaired) electrons. The number of carboxylic acids is 1. The maximum atomic E-state index is 14.3. The van der Waals surface area contributed by atoms with Gasteiger partial charge in [0.25, 0.3) is 11.5 Å². The average Bonchev–Trinajstić information content (AvgIpc) is 3.01. The quantitative estimate of drug-likeness (QED) is 0.353. The highest BCUT2D eigenvalue weighted by molar-refractivity contribution is 6.31. The summed E-state index contributed by atoms with van der Waals surface area (Å²) < 4.78 is 66.0. The Morgan fingerprint density at radius 1 is 1.09 bits per heavy atom. The Hall–Kier alpha value is -4.10. The Kier molecular flexibility index (Phi) is 10.7. The number of morpholine rings is 1. The van der Waals surface area contributed by atoms with E-state index in [9.17, 15) is 31.9 Å². The zero-order chi connectivity index (χ0) is 33.9. The second kappa shape index (κ2) is 14.1. The number of rotatable bonds is 5. The van der Waals surface area contributed by atoms with Crippen LogP contribution in [0.4, 0.5) is 23.2 Å². The number of nitrogens with zero attached hydrogens (tertiary/aromatic N) is 2. The van der Waals surface area contributed by atoms with Gasteiger partial charge in [-0.1, -0.05) is 23.7 Å². The molecule has 3 aromatic rings. The minimum atomic E-state index is -4.55. The van der Waals surface area contributed by atoms with Gasteiger partial charge in [-0.2, -0.15) is 13.2 Å². The van der Waals surface area contributed by atoms with Crippen molar-refractivity contribution in [3.8, 4) is 16.9 Å². The summed E-state index contributed by atoms with van der Waals surface area (Å²) in [6, 6.07) is 5.96. The average molecular weight is 668 g/mol. The van der Waals surface area contributed by atoms with Crippen LogP contribution in [-0.2, 0) is 23.0 Å². The third-order valence-corrected chi connectivity index (χ3v) is 8.38. The number of pyridine rings is 1. The lowest BCUT2D eigenvalue weighted by molar-refractivity contribution is -0.167. The van der Waals surface area contributed by atoms with E-state index < -0.39 is 48.6 Å². The van der Waals surface area contributed by atoms with E-state index in [1.165, 1.54) is 24.1 Å². The van der Waals surface area contributed by atoms with E-state index >= 15 is 0 Å². The van der Waals surface area contributed by atoms with Crippen LogP contribution in [0.1, 0.15) is 39.2 Å². The van der Waals surface area contributed by atoms with E-state index in [-0.39, 0.29) is 30.0 Å². The third-order valence-electron chi connectivity index (χ3n) is 7.99. The van der Waals surface area contributed by atoms with Crippen LogP contribution in [0.5, 0.6) is 5.75 Å². The van der Waals surface area contributed by atoms with Gasteiger partial charge in [-0.25, -0.2) is 4.39 Å². The Bertz CT molecular complexity index is 1690. The van der Waals surface area contributed by atoms with Crippen molar-refractivity contribution in [2.24, 2.45) is 7.05 Å². The molecule has 1 fully saturated rings. The number of carbonyl (C=O) groups excluding carboxylic acids is 1. The molecule has 1 amide bonds. The fraction of sp³-hybridized carbons (Fsp3) is 0.406. The number of fused-ring (bicyclic) bond motifs is 1. The Balaban J connectivity index is 0.000000211. The van der Waals surface area contributed by atoms with Crippen molar-refractivity contribution in [3.05, 3.63) is 79.5 Å². The molecule has 0 bridgehead atoms. The smallest absolute Gasteiger partial charge is 0.411 e. The van der Waals surface area contributed by atoms with Gasteiger partial charge >= 0.3 is 12.1 Å². The molecule has 2 aliphatic rings. The molecular formula is C32H34ClF4N3O6. The van der Waals surface area contributed by atoms with Crippen molar-refractivity contribution in [1.82, 2.24) is 9.88 Å². The lowest BCUT2D eigenvalue weighted by Gasteiger charge is -2.38. The molecule has 1 atom stereocenters. The number of amides is 1. The number of hydrogen-bond donors (Lipinski definition) is 2. The number of aliphatic carboxylic acids is 1. The summed E-state index contributed by atoms with van der Waals surface area (Å²) in [5.74, 6) is -2.42. The molecule has 1 unspecified atom stereocenters. The van der Waals surface area contributed by atoms with Crippen molar-refractivity contribution in [2.45, 2.75) is 45.8 Å². The van der Waals surface area contributed by atoms with E-state index in [0.717, 1.165) is 40.8 Å². The second-order valence-corrected chi connectivity index (χ2v) is 11.5. The number of aromatic nitrogens is 1. The summed E-state index contributed by atoms with van der Waals surface area (Å²) in [4.78, 5) is 35.9. The first-order valence-electron chi connectivity index (χ1n) is 14.4. The molecule has 2 N–H and O–H groups in total. The first-order valence-corrected chi connectivity index (χ1v) is 14.8. The first-order chi connectivity index (χ1) is 21.6. The summed E-state index contributed by atoms with van der Waals surface area (Å²) in [5.41, 5.74) is 4.28. The van der Waals surface area contributed by atoms with E-state index in [0.29, 0.717) is 17.2 Å². The van der Waals surface area contributed by atoms with Gasteiger partial charge in [-0.05, 0) is 68.5 Å². The highest BCUT2D eigenvalue weighted by Gasteiger charge is 2.45. The van der Waals surface area contributed by atoms with Gasteiger partial charge in [0, 0.05) is 30.5 Å². The number of hydrogen-bond acceptors (Lipinski definition) is 6. The first kappa shape index (κ1) is 34.8. The fourth-order valence-corrected chi connectivity index (χ4v) is 5.66. The number of benzene rings is 2. The minimum absolute atomic E-state index is 0.0181. The van der Waals surface area contributed by atoms with E-state index in [2.05, 4.69) is 13.0 Å². The number of carbonyl (C=O) groups is 2. The van der Waals surface area contributed by atoms with E-state index in [4.69, 9.17) is 26.2 Å². The molecule has 1 aromatic heterocycles. The fourth-order valence-electron chi connectivity index (χ4n) is 5.42. The molecule has 5 rings (SSSR count). The van der Waals surface area contributed by atoms with Crippen molar-refractivity contribution in [3.63, 3.8) is 0 Å². The Morgan fingerprint density at radius 2 is 1.80 bits per heavy atom. The molecule has 1 saturated heterocycles. The topological polar surface area (TPSA) is 110 Å². The summed E-state index contributed by atoms with van der Waals surface area (Å²) in [6.07, 6.45) is -2.54. The number of halogens is 5. The molecular weight excluding hydrogens is 634 g/mol. The lowest BCUT2D eigenvalue weighted by Crippen LogP contribution is -2.53. The van der Waals surface area contributed by atoms with Crippen LogP contribution in [0.2, 0.25) is 5.02 Å². The zero-order valence-corrected chi connectivity index (χ0v) is 26.4. The number of nitrogens with one attached hydrogen (secondary N) is 1. The largest absolute Gasteiger partial charge is 0.493 e. The third kappa shape index (κ3) is 7.47. The van der Waals surface area contributed by atoms with Crippen molar-refractivity contribution in [1.29, 1.82) is 0 Å². The summed E-state index contributed by atoms with van der Waals surface area (Å²) in [6.45, 7) is 4.71. The maximum absolute atomic E-state index is 14.3. The lowest BCUT2D eigenvalue weighted by atomic mass is 9.94. The van der Waals surface area contributed by atoms with Gasteiger partial charge in [-0.3, -0.25) is 14.4 Å². The summed E-state index contributed by atoms with van der Waals surface area (Å²) in [7, 11) is 1.74. The van der Waals surface area contributed by atoms with E-state index in [1.54, 1.807) is 17.7 Å². The van der Waals surface area contributed by atoms with Crippen LogP contribution in [0.3, 0.4) is 0 Å². The normalized spacial score (nSPS) is 16.1. The highest BCUT2D eigenvalue weighted by Crippen LogP contribution is 2.38. The van der Waals surface area contributed by atoms with Crippen LogP contribution in [0.25, 0.3) is 11.1 Å². The second-order valence-electron chi connectivity index (χ2n) is 11.1. The molecule has 2 aromatic carbocycles. The van der Waals surface area contributed by atoms with E-state index in [1.807, 2.05) is 18.3 Å². The van der Waals surface area contributed by atoms with Crippen LogP contribution in [0, 0.1) is 26.6 Å². The van der Waals surface area contributed by atoms with Gasteiger partial charge in [0.1, 0.15) is 24.2 Å². The van der Waals surface area contributed by atoms with Gasteiger partial charge in [0.15, 0.2) is 0 Å². The number of ether oxygens (including phenoxy) is 2. The van der Waals surface area contributed by atoms with Gasteiger partial charge < -0.3 is 29.4 Å². The van der Waals surface area contributed by atoms with Crippen LogP contribution < -0.4 is 20.5 Å². The predicted octanol–water partition coefficient (Wildman–Crippen LogP) is 5.36. The number of aryl methyl sites for hydroxylation is 2. The minimum Gasteiger partial charge on any atom is -0.493 e. The Morgan fingerprint density at radius 3 is 2.46 bits per heavy atom. The number of alkyl halides is 3. The summed E-state index contributed by atoms with van der Waals surface area (Å²) >= 11 is 6.25. The van der Waals surface area contributed by atoms with Gasteiger partial charge in [-0.15, -0.1) is 0 Å². The molecule has 0 spiro atoms. The van der Waals surface area contributed by atoms with Crippen molar-refractivity contribution < 1.29 is 41.7 Å². The Labute approximate surface area is 267 Å². The standard InChI is InChI=1S/C17H18ClNO2.C15H16F4N2O4/c1-10-6-7-13(16-12(10)5-4-8-21-16)14-9-15(18)11(2)19(3)17(14)20;1-8-4-9(21-2-3-25-7-11(21)15(17,18)19)5-10(16)13(8)14(24)20-6-12(22)23/h6-7,9H,4-5,8H2,1-3H3;4-5,11H,2-3,6-7H2,1H3,(H,20,24)(H,22,23). The van der Waals surface area contributed by atoms with Crippen LogP contribution >= 0.6 is 11.6 Å². The zero-order valence-electron chi connectivity index (χ0n) is 25.7. The monoisotopic (exact) mass is 667 g/mol. The molecule has 3 heterocycles. The predicted molar refractivity (Wildman–Crippen MR) is 165 cm³/mol. The SMILES string of the molecule is Cc1cc(N2CCOCC2C(F)(F)F)cc(F)c1C(=O)NCC(=O)O.Cc1ccc(-c2cc(Cl)c(C)n(C)c2=O)c2c1CCCO2. The van der Waals surface area contributed by atoms with Crippen LogP contribution in [-0.4, -0.2) is 66.7 Å². The highest BCUT2D eigenvalue weighted by atomic mass is 35.5. The number of anilines is 1. The molecule has 2 aliphatic heterocycles. The van der Waals surface area contributed by atoms with Crippen LogP contribution in [0.15, 0.2) is 35.1 Å². The van der Waals surface area contributed by atoms with Crippen molar-refractivity contribution in [2.75, 3.05) is 37.8 Å². The summed E-state index contributed by atoms with van der Waals surface area (Å²) in [5, 5.41) is 11.1. The molecule has 248 valence electrons. The molecule has 9 nitrogen and oxygen atoms in total. The van der Waals surface area contributed by atoms with Gasteiger partial charge in [0.05, 0.1) is 36.0 Å². The molecule has 46 heavy (non-hydrogen) atoms. The maximum Gasteiger partial charge on any atom is 0.411 e. The van der Waals surface area contributed by atoms with Crippen molar-refractivity contribution >= 4 is 29.2 Å². The number of carboxylic acid groups (broad SMARTS) is 1.